The Morgan fingerprint density at radius 1 is 1.80 bits per heavy atom. The normalized spacial score (nSPS) is 7.20. The van der Waals surface area contributed by atoms with E-state index in [2.05, 4.69) is 11.6 Å². The molecule has 0 aromatic carbocycles. The van der Waals surface area contributed by atoms with Gasteiger partial charge in [-0.25, -0.2) is 4.79 Å². The van der Waals surface area contributed by atoms with Gasteiger partial charge in [-0.2, -0.15) is 0 Å². The number of thiazole rings is 1. The smallest absolute Gasteiger partial charge is 0.327 e. The highest BCUT2D eigenvalue weighted by atomic mass is 32.1. The first kappa shape index (κ1) is 8.84. The monoisotopic (exact) mass is 157 g/mol. The quantitative estimate of drug-likeness (QED) is 0.627. The van der Waals surface area contributed by atoms with Gasteiger partial charge >= 0.3 is 5.97 Å². The summed E-state index contributed by atoms with van der Waals surface area (Å²) >= 11 is 1.60. The molecule has 0 bridgehead atoms. The van der Waals surface area contributed by atoms with Crippen molar-refractivity contribution in [3.8, 4) is 0 Å². The Labute approximate surface area is 62.7 Å². The molecule has 0 aliphatic heterocycles. The lowest BCUT2D eigenvalue weighted by atomic mass is 10.7. The highest BCUT2D eigenvalue weighted by Gasteiger charge is 1.73. The predicted octanol–water partition coefficient (Wildman–Crippen LogP) is 1.40. The second kappa shape index (κ2) is 5.97. The molecule has 0 unspecified atom stereocenters. The molecule has 0 saturated carbocycles. The molecule has 0 aliphatic rings. The number of hydrogen-bond donors (Lipinski definition) is 1. The zero-order valence-corrected chi connectivity index (χ0v) is 6.04. The van der Waals surface area contributed by atoms with Crippen LogP contribution in [0.2, 0.25) is 0 Å². The molecule has 10 heavy (non-hydrogen) atoms. The number of carboxylic acids is 1. The molecular weight excluding hydrogens is 150 g/mol. The van der Waals surface area contributed by atoms with E-state index >= 15 is 0 Å². The molecule has 1 aromatic rings. The third-order valence-corrected chi connectivity index (χ3v) is 1.04. The van der Waals surface area contributed by atoms with E-state index in [1.54, 1.807) is 23.0 Å². The van der Waals surface area contributed by atoms with E-state index in [-0.39, 0.29) is 0 Å². The molecule has 54 valence electrons. The Kier molecular flexibility index (Phi) is 5.28. The molecular formula is C6H7NO2S. The van der Waals surface area contributed by atoms with Crippen LogP contribution in [0.3, 0.4) is 0 Å². The minimum Gasteiger partial charge on any atom is -0.478 e. The van der Waals surface area contributed by atoms with Crippen LogP contribution in [0.25, 0.3) is 0 Å². The lowest BCUT2D eigenvalue weighted by Crippen LogP contribution is -1.82. The first-order valence-corrected chi connectivity index (χ1v) is 3.39. The van der Waals surface area contributed by atoms with E-state index in [0.29, 0.717) is 0 Å². The summed E-state index contributed by atoms with van der Waals surface area (Å²) in [6.07, 6.45) is 2.60. The van der Waals surface area contributed by atoms with Crippen LogP contribution in [-0.2, 0) is 4.79 Å². The highest BCUT2D eigenvalue weighted by Crippen LogP contribution is 1.85. The summed E-state index contributed by atoms with van der Waals surface area (Å²) in [5.41, 5.74) is 1.79. The van der Waals surface area contributed by atoms with Gasteiger partial charge < -0.3 is 5.11 Å². The van der Waals surface area contributed by atoms with Gasteiger partial charge in [0, 0.05) is 17.7 Å². The molecule has 1 N–H and O–H groups in total. The summed E-state index contributed by atoms with van der Waals surface area (Å²) in [5, 5.41) is 9.53. The molecule has 1 rings (SSSR count). The molecule has 0 fully saturated rings. The largest absolute Gasteiger partial charge is 0.478 e. The third-order valence-electron chi connectivity index (χ3n) is 0.522. The molecule has 0 amide bonds. The van der Waals surface area contributed by atoms with E-state index in [9.17, 15) is 4.79 Å². The summed E-state index contributed by atoms with van der Waals surface area (Å²) in [4.78, 5) is 13.0. The van der Waals surface area contributed by atoms with Crippen LogP contribution in [0.5, 0.6) is 0 Å². The van der Waals surface area contributed by atoms with Crippen LogP contribution >= 0.6 is 11.3 Å². The average Bonchev–Trinajstić information content (AvgIpc) is 2.43. The number of hydrogen-bond acceptors (Lipinski definition) is 3. The van der Waals surface area contributed by atoms with Crippen molar-refractivity contribution in [3.05, 3.63) is 29.7 Å². The number of nitrogens with zero attached hydrogens (tertiary/aromatic N) is 1. The third kappa shape index (κ3) is 6.84. The minimum absolute atomic E-state index is 0.833. The van der Waals surface area contributed by atoms with Crippen molar-refractivity contribution in [1.29, 1.82) is 0 Å². The Hall–Kier alpha value is -1.16. The molecule has 1 heterocycles. The Balaban J connectivity index is 0.000000162. The zero-order chi connectivity index (χ0) is 7.82. The van der Waals surface area contributed by atoms with Crippen LogP contribution < -0.4 is 0 Å². The van der Waals surface area contributed by atoms with Gasteiger partial charge in [0.2, 0.25) is 0 Å². The Morgan fingerprint density at radius 3 is 2.50 bits per heavy atom. The summed E-state index contributed by atoms with van der Waals surface area (Å²) in [7, 11) is 0. The topological polar surface area (TPSA) is 50.2 Å². The van der Waals surface area contributed by atoms with Gasteiger partial charge in [-0.3, -0.25) is 4.98 Å². The van der Waals surface area contributed by atoms with Crippen molar-refractivity contribution < 1.29 is 9.90 Å². The summed E-state index contributed by atoms with van der Waals surface area (Å²) in [6, 6.07) is 0. The van der Waals surface area contributed by atoms with Crippen LogP contribution in [0.4, 0.5) is 0 Å². The first-order chi connectivity index (χ1) is 4.77. The minimum atomic E-state index is -0.981. The number of carbonyl (C=O) groups is 1. The SMILES string of the molecule is C=CC(=O)O.c1cscn1. The maximum absolute atomic E-state index is 9.25. The molecule has 0 atom stereocenters. The Morgan fingerprint density at radius 2 is 2.40 bits per heavy atom. The van der Waals surface area contributed by atoms with Crippen LogP contribution in [0, 0.1) is 0 Å². The van der Waals surface area contributed by atoms with E-state index < -0.39 is 5.97 Å². The molecule has 1 aromatic heterocycles. The number of aliphatic carboxylic acids is 1. The number of carboxylic acid groups (broad SMARTS) is 1. The fourth-order valence-corrected chi connectivity index (χ4v) is 0.527. The van der Waals surface area contributed by atoms with Gasteiger partial charge in [0.25, 0.3) is 0 Å². The van der Waals surface area contributed by atoms with Crippen LogP contribution in [-0.4, -0.2) is 16.1 Å². The predicted molar refractivity (Wildman–Crippen MR) is 39.9 cm³/mol. The zero-order valence-electron chi connectivity index (χ0n) is 5.23. The van der Waals surface area contributed by atoms with E-state index in [1.165, 1.54) is 0 Å². The molecule has 0 saturated heterocycles. The molecule has 0 spiro atoms. The van der Waals surface area contributed by atoms with Gasteiger partial charge in [-0.05, 0) is 0 Å². The summed E-state index contributed by atoms with van der Waals surface area (Å²) in [5.74, 6) is -0.981. The van der Waals surface area contributed by atoms with Gasteiger partial charge in [-0.15, -0.1) is 11.3 Å². The van der Waals surface area contributed by atoms with Crippen LogP contribution in [0.15, 0.2) is 29.7 Å². The van der Waals surface area contributed by atoms with Gasteiger partial charge in [0.05, 0.1) is 5.51 Å². The second-order valence-corrected chi connectivity index (χ2v) is 1.97. The number of aromatic nitrogens is 1. The molecule has 0 aliphatic carbocycles. The van der Waals surface area contributed by atoms with Crippen molar-refractivity contribution in [3.63, 3.8) is 0 Å². The maximum atomic E-state index is 9.25. The van der Waals surface area contributed by atoms with Crippen LogP contribution in [0.1, 0.15) is 0 Å². The fourth-order valence-electron chi connectivity index (χ4n) is 0.176. The van der Waals surface area contributed by atoms with E-state index in [1.807, 2.05) is 5.38 Å². The maximum Gasteiger partial charge on any atom is 0.327 e. The summed E-state index contributed by atoms with van der Waals surface area (Å²) < 4.78 is 0. The van der Waals surface area contributed by atoms with Gasteiger partial charge in [-0.1, -0.05) is 6.58 Å². The van der Waals surface area contributed by atoms with Gasteiger partial charge in [0.1, 0.15) is 0 Å². The highest BCUT2D eigenvalue weighted by molar-refractivity contribution is 7.07. The number of rotatable bonds is 1. The van der Waals surface area contributed by atoms with Gasteiger partial charge in [0.15, 0.2) is 0 Å². The van der Waals surface area contributed by atoms with E-state index in [4.69, 9.17) is 5.11 Å². The molecule has 3 nitrogen and oxygen atoms in total. The van der Waals surface area contributed by atoms with Crippen molar-refractivity contribution in [2.75, 3.05) is 0 Å². The Bertz CT molecular complexity index is 166. The molecule has 0 radical (unpaired) electrons. The lowest BCUT2D eigenvalue weighted by molar-refractivity contribution is -0.131. The standard InChI is InChI=1S/C3H3NS.C3H4O2/c1-2-5-3-4-1;1-2-3(4)5/h1-3H;2H,1H2,(H,4,5). The summed E-state index contributed by atoms with van der Waals surface area (Å²) in [6.45, 7) is 2.96. The first-order valence-electron chi connectivity index (χ1n) is 2.45. The average molecular weight is 157 g/mol. The van der Waals surface area contributed by atoms with E-state index in [0.717, 1.165) is 6.08 Å². The fraction of sp³-hybridized carbons (Fsp3) is 0. The second-order valence-electron chi connectivity index (χ2n) is 1.22. The molecule has 4 heteroatoms. The lowest BCUT2D eigenvalue weighted by Gasteiger charge is -1.64. The van der Waals surface area contributed by atoms with Crippen molar-refractivity contribution in [2.45, 2.75) is 0 Å². The van der Waals surface area contributed by atoms with Crippen molar-refractivity contribution >= 4 is 17.3 Å². The van der Waals surface area contributed by atoms with Crippen molar-refractivity contribution in [2.24, 2.45) is 0 Å². The van der Waals surface area contributed by atoms with Crippen molar-refractivity contribution in [1.82, 2.24) is 4.98 Å².